The number of carbonyl (C=O) groups is 2. The number of nitrogens with zero attached hydrogens (tertiary/aromatic N) is 2. The molecule has 2 amide bonds. The molecule has 136 valence electrons. The summed E-state index contributed by atoms with van der Waals surface area (Å²) < 4.78 is 6.06. The van der Waals surface area contributed by atoms with Crippen molar-refractivity contribution in [3.8, 4) is 0 Å². The Morgan fingerprint density at radius 1 is 1.26 bits per heavy atom. The summed E-state index contributed by atoms with van der Waals surface area (Å²) in [6, 6.07) is 8.67. The number of rotatable bonds is 4. The first-order valence-electron chi connectivity index (χ1n) is 7.91. The molecule has 1 aliphatic rings. The topological polar surface area (TPSA) is 136 Å². The molecular weight excluding hydrogens is 356 g/mol. The zero-order chi connectivity index (χ0) is 19.1. The molecule has 1 aliphatic heterocycles. The second kappa shape index (κ2) is 6.09. The van der Waals surface area contributed by atoms with Gasteiger partial charge in [-0.3, -0.25) is 24.3 Å². The number of non-ortho nitro benzene ring substituents is 1. The van der Waals surface area contributed by atoms with Gasteiger partial charge in [0.15, 0.2) is 5.58 Å². The molecule has 2 aromatic carbocycles. The Bertz CT molecular complexity index is 1180. The summed E-state index contributed by atoms with van der Waals surface area (Å²) in [5.41, 5.74) is 1.84. The van der Waals surface area contributed by atoms with Gasteiger partial charge in [-0.05, 0) is 23.8 Å². The summed E-state index contributed by atoms with van der Waals surface area (Å²) in [5.74, 6) is -1.51. The van der Waals surface area contributed by atoms with E-state index in [0.717, 1.165) is 16.2 Å². The zero-order valence-electron chi connectivity index (χ0n) is 13.7. The molecule has 2 N–H and O–H groups in total. The quantitative estimate of drug-likeness (QED) is 0.527. The fourth-order valence-electron chi connectivity index (χ4n) is 2.95. The van der Waals surface area contributed by atoms with Crippen LogP contribution in [0.1, 0.15) is 15.9 Å². The normalized spacial score (nSPS) is 12.7. The second-order valence-electron chi connectivity index (χ2n) is 5.97. The van der Waals surface area contributed by atoms with Crippen LogP contribution < -0.4 is 16.4 Å². The minimum atomic E-state index is -0.797. The summed E-state index contributed by atoms with van der Waals surface area (Å²) in [5, 5.41) is 16.1. The third-order valence-electron chi connectivity index (χ3n) is 4.24. The van der Waals surface area contributed by atoms with Gasteiger partial charge in [0.1, 0.15) is 6.54 Å². The number of hydrogen-bond donors (Lipinski definition) is 2. The number of nitro benzene ring substituents is 1. The Morgan fingerprint density at radius 2 is 2.07 bits per heavy atom. The van der Waals surface area contributed by atoms with Gasteiger partial charge in [0.25, 0.3) is 11.6 Å². The number of oxazole rings is 1. The van der Waals surface area contributed by atoms with Gasteiger partial charge in [-0.25, -0.2) is 4.79 Å². The van der Waals surface area contributed by atoms with Crippen LogP contribution in [0.25, 0.3) is 11.1 Å². The van der Waals surface area contributed by atoms with E-state index in [2.05, 4.69) is 10.6 Å². The number of fused-ring (bicyclic) bond motifs is 2. The van der Waals surface area contributed by atoms with Crippen molar-refractivity contribution < 1.29 is 18.9 Å². The lowest BCUT2D eigenvalue weighted by Crippen LogP contribution is -2.24. The van der Waals surface area contributed by atoms with E-state index in [0.29, 0.717) is 17.8 Å². The Kier molecular flexibility index (Phi) is 3.73. The van der Waals surface area contributed by atoms with Crippen LogP contribution in [-0.4, -0.2) is 21.3 Å². The Balaban J connectivity index is 1.57. The molecule has 2 heterocycles. The molecule has 0 atom stereocenters. The maximum absolute atomic E-state index is 12.3. The van der Waals surface area contributed by atoms with Gasteiger partial charge in [0, 0.05) is 23.9 Å². The van der Waals surface area contributed by atoms with E-state index >= 15 is 0 Å². The van der Waals surface area contributed by atoms with Gasteiger partial charge in [0.2, 0.25) is 5.91 Å². The minimum absolute atomic E-state index is 0.0243. The third-order valence-corrected chi connectivity index (χ3v) is 4.24. The Morgan fingerprint density at radius 3 is 2.85 bits per heavy atom. The van der Waals surface area contributed by atoms with Crippen molar-refractivity contribution in [2.45, 2.75) is 13.1 Å². The molecule has 3 aromatic rings. The van der Waals surface area contributed by atoms with Crippen LogP contribution in [0.4, 0.5) is 11.4 Å². The largest absolute Gasteiger partial charge is 0.420 e. The first kappa shape index (κ1) is 16.5. The number of amides is 2. The lowest BCUT2D eigenvalue weighted by Gasteiger charge is -2.07. The first-order valence-corrected chi connectivity index (χ1v) is 7.91. The summed E-state index contributed by atoms with van der Waals surface area (Å²) in [7, 11) is 0. The molecule has 0 fully saturated rings. The molecule has 0 saturated heterocycles. The van der Waals surface area contributed by atoms with E-state index in [1.807, 2.05) is 0 Å². The van der Waals surface area contributed by atoms with Crippen molar-refractivity contribution in [3.05, 3.63) is 68.2 Å². The maximum Gasteiger partial charge on any atom is 0.420 e. The van der Waals surface area contributed by atoms with Gasteiger partial charge in [-0.2, -0.15) is 0 Å². The van der Waals surface area contributed by atoms with E-state index in [1.165, 1.54) is 12.1 Å². The third kappa shape index (κ3) is 2.92. The van der Waals surface area contributed by atoms with Crippen molar-refractivity contribution in [2.75, 3.05) is 5.32 Å². The highest BCUT2D eigenvalue weighted by atomic mass is 16.6. The minimum Gasteiger partial charge on any atom is -0.407 e. The highest BCUT2D eigenvalue weighted by Crippen LogP contribution is 2.21. The Hall–Kier alpha value is -3.95. The standard InChI is InChI=1S/C17H12N4O6/c22-15(19-10-2-1-9-7-18-16(23)12(9)5-10)8-20-13-4-3-11(21(25)26)6-14(13)27-17(20)24/h1-6H,7-8H2,(H,18,23)(H,19,22). The number of anilines is 1. The van der Waals surface area contributed by atoms with Crippen LogP contribution in [-0.2, 0) is 17.9 Å². The molecule has 0 bridgehead atoms. The van der Waals surface area contributed by atoms with Gasteiger partial charge in [-0.1, -0.05) is 6.07 Å². The summed E-state index contributed by atoms with van der Waals surface area (Å²) in [6.07, 6.45) is 0. The van der Waals surface area contributed by atoms with E-state index in [9.17, 15) is 24.5 Å². The molecule has 0 aliphatic carbocycles. The van der Waals surface area contributed by atoms with Gasteiger partial charge < -0.3 is 15.1 Å². The molecule has 4 rings (SSSR count). The number of hydrogen-bond acceptors (Lipinski definition) is 6. The van der Waals surface area contributed by atoms with E-state index < -0.39 is 16.6 Å². The lowest BCUT2D eigenvalue weighted by atomic mass is 10.1. The van der Waals surface area contributed by atoms with E-state index in [-0.39, 0.29) is 29.2 Å². The average Bonchev–Trinajstić information content (AvgIpc) is 3.14. The maximum atomic E-state index is 12.3. The number of nitrogens with one attached hydrogen (secondary N) is 2. The summed E-state index contributed by atoms with van der Waals surface area (Å²) in [6.45, 7) is 0.109. The number of nitro groups is 1. The van der Waals surface area contributed by atoms with Gasteiger partial charge in [0.05, 0.1) is 16.5 Å². The zero-order valence-corrected chi connectivity index (χ0v) is 13.7. The van der Waals surface area contributed by atoms with Crippen LogP contribution in [0.2, 0.25) is 0 Å². The molecule has 0 saturated carbocycles. The average molecular weight is 368 g/mol. The van der Waals surface area contributed by atoms with Crippen LogP contribution >= 0.6 is 0 Å². The predicted octanol–water partition coefficient (Wildman–Crippen LogP) is 1.38. The van der Waals surface area contributed by atoms with E-state index in [4.69, 9.17) is 4.42 Å². The SMILES string of the molecule is O=C(Cn1c(=O)oc2cc([N+](=O)[O-])ccc21)Nc1ccc2c(c1)C(=O)NC2. The van der Waals surface area contributed by atoms with E-state index in [1.54, 1.807) is 18.2 Å². The van der Waals surface area contributed by atoms with Crippen LogP contribution in [0.15, 0.2) is 45.6 Å². The van der Waals surface area contributed by atoms with Crippen molar-refractivity contribution in [2.24, 2.45) is 0 Å². The monoisotopic (exact) mass is 368 g/mol. The van der Waals surface area contributed by atoms with Gasteiger partial charge in [-0.15, -0.1) is 0 Å². The van der Waals surface area contributed by atoms with Crippen LogP contribution in [0, 0.1) is 10.1 Å². The fourth-order valence-corrected chi connectivity index (χ4v) is 2.95. The number of aromatic nitrogens is 1. The van der Waals surface area contributed by atoms with Crippen molar-refractivity contribution in [3.63, 3.8) is 0 Å². The highest BCUT2D eigenvalue weighted by Gasteiger charge is 2.20. The molecule has 1 aromatic heterocycles. The molecule has 0 radical (unpaired) electrons. The van der Waals surface area contributed by atoms with Crippen molar-refractivity contribution in [1.82, 2.24) is 9.88 Å². The molecular formula is C17H12N4O6. The van der Waals surface area contributed by atoms with Crippen LogP contribution in [0.5, 0.6) is 0 Å². The van der Waals surface area contributed by atoms with Gasteiger partial charge >= 0.3 is 5.76 Å². The molecule has 0 spiro atoms. The highest BCUT2D eigenvalue weighted by molar-refractivity contribution is 6.00. The summed E-state index contributed by atoms with van der Waals surface area (Å²) in [4.78, 5) is 46.2. The molecule has 10 nitrogen and oxygen atoms in total. The summed E-state index contributed by atoms with van der Waals surface area (Å²) >= 11 is 0. The van der Waals surface area contributed by atoms with Crippen molar-refractivity contribution in [1.29, 1.82) is 0 Å². The smallest absolute Gasteiger partial charge is 0.407 e. The molecule has 0 unspecified atom stereocenters. The second-order valence-corrected chi connectivity index (χ2v) is 5.97. The Labute approximate surface area is 150 Å². The predicted molar refractivity (Wildman–Crippen MR) is 93.4 cm³/mol. The number of carbonyl (C=O) groups excluding carboxylic acids is 2. The fraction of sp³-hybridized carbons (Fsp3) is 0.118. The van der Waals surface area contributed by atoms with Crippen LogP contribution in [0.3, 0.4) is 0 Å². The molecule has 10 heteroatoms. The van der Waals surface area contributed by atoms with Crippen molar-refractivity contribution >= 4 is 34.3 Å². The molecule has 27 heavy (non-hydrogen) atoms. The first-order chi connectivity index (χ1) is 12.9. The lowest BCUT2D eigenvalue weighted by molar-refractivity contribution is -0.384. The number of benzene rings is 2.